The quantitative estimate of drug-likeness (QED) is 0.214. The number of nitrogens with zero attached hydrogens (tertiary/aromatic N) is 3. The van der Waals surface area contributed by atoms with Crippen molar-refractivity contribution in [3.05, 3.63) is 82.4 Å². The number of hydrogen-bond acceptors (Lipinski definition) is 8. The molecule has 10 heteroatoms. The number of ether oxygens (including phenoxy) is 1. The Hall–Kier alpha value is -4.08. The first kappa shape index (κ1) is 23.3. The van der Waals surface area contributed by atoms with Crippen LogP contribution in [0.15, 0.2) is 66.2 Å². The minimum absolute atomic E-state index is 0.0352. The van der Waals surface area contributed by atoms with Crippen LogP contribution in [0.1, 0.15) is 17.2 Å². The van der Waals surface area contributed by atoms with E-state index in [2.05, 4.69) is 4.98 Å². The number of aliphatic hydroxyl groups excluding tert-OH is 1. The molecule has 1 aromatic heterocycles. The molecular weight excluding hydrogens is 514 g/mol. The average molecular weight is 534 g/mol. The van der Waals surface area contributed by atoms with Crippen LogP contribution in [0.5, 0.6) is 11.5 Å². The summed E-state index contributed by atoms with van der Waals surface area (Å²) in [5.41, 5.74) is 2.26. The fourth-order valence-electron chi connectivity index (χ4n) is 4.64. The van der Waals surface area contributed by atoms with Gasteiger partial charge in [-0.2, -0.15) is 0 Å². The number of amides is 1. The van der Waals surface area contributed by atoms with Crippen LogP contribution in [0, 0.1) is 0 Å². The number of Topliss-reactive ketones (excluding diaryl/α,β-unsaturated/α-hetero) is 1. The number of aromatic hydroxyl groups is 1. The maximum absolute atomic E-state index is 13.4. The van der Waals surface area contributed by atoms with E-state index in [1.54, 1.807) is 48.5 Å². The summed E-state index contributed by atoms with van der Waals surface area (Å²) in [7, 11) is 1.92. The Morgan fingerprint density at radius 1 is 1.11 bits per heavy atom. The smallest absolute Gasteiger partial charge is 0.301 e. The first-order chi connectivity index (χ1) is 17.8. The standard InChI is InChI=1S/C27H20ClN3O5S/c1-30-10-11-36-20-9-4-15(12-19(20)30)24(33)22-23(14-2-6-17(32)7-3-14)31(26(35)25(22)34)27-29-18-8-5-16(28)13-21(18)37-27/h2-9,12-13,23,32-33H,10-11H2,1H3/b24-22+. The van der Waals surface area contributed by atoms with E-state index in [1.807, 2.05) is 11.9 Å². The summed E-state index contributed by atoms with van der Waals surface area (Å²) in [4.78, 5) is 34.7. The summed E-state index contributed by atoms with van der Waals surface area (Å²) in [6.07, 6.45) is 0. The Balaban J connectivity index is 1.54. The Bertz CT molecular complexity index is 1610. The molecule has 186 valence electrons. The third kappa shape index (κ3) is 3.87. The molecule has 0 bridgehead atoms. The summed E-state index contributed by atoms with van der Waals surface area (Å²) in [6, 6.07) is 15.6. The van der Waals surface area contributed by atoms with Gasteiger partial charge in [-0.3, -0.25) is 14.5 Å². The Labute approximate surface area is 220 Å². The molecule has 1 fully saturated rings. The second-order valence-electron chi connectivity index (χ2n) is 8.82. The molecule has 0 radical (unpaired) electrons. The largest absolute Gasteiger partial charge is 0.508 e. The molecule has 3 aromatic carbocycles. The maximum Gasteiger partial charge on any atom is 0.301 e. The van der Waals surface area contributed by atoms with Crippen molar-refractivity contribution in [1.82, 2.24) is 4.98 Å². The number of aromatic nitrogens is 1. The van der Waals surface area contributed by atoms with Gasteiger partial charge in [0.1, 0.15) is 23.9 Å². The summed E-state index contributed by atoms with van der Waals surface area (Å²) >= 11 is 7.36. The number of ketones is 1. The number of halogens is 1. The third-order valence-corrected chi connectivity index (χ3v) is 7.78. The molecule has 2 N–H and O–H groups in total. The number of hydrogen-bond donors (Lipinski definition) is 2. The highest BCUT2D eigenvalue weighted by Crippen LogP contribution is 2.45. The lowest BCUT2D eigenvalue weighted by molar-refractivity contribution is -0.132. The van der Waals surface area contributed by atoms with Gasteiger partial charge < -0.3 is 19.8 Å². The molecule has 1 unspecified atom stereocenters. The van der Waals surface area contributed by atoms with Crippen LogP contribution < -0.4 is 14.5 Å². The number of likely N-dealkylation sites (N-methyl/N-ethyl adjacent to an activating group) is 1. The van der Waals surface area contributed by atoms with Crippen molar-refractivity contribution in [2.24, 2.45) is 0 Å². The fourth-order valence-corrected chi connectivity index (χ4v) is 5.91. The fraction of sp³-hybridized carbons (Fsp3) is 0.148. The average Bonchev–Trinajstić information content (AvgIpc) is 3.42. The Kier molecular flexibility index (Phi) is 5.54. The van der Waals surface area contributed by atoms with Gasteiger partial charge >= 0.3 is 5.91 Å². The van der Waals surface area contributed by atoms with E-state index in [-0.39, 0.29) is 17.1 Å². The van der Waals surface area contributed by atoms with Gasteiger partial charge in [-0.25, -0.2) is 4.98 Å². The molecule has 1 atom stereocenters. The summed E-state index contributed by atoms with van der Waals surface area (Å²) in [6.45, 7) is 1.23. The Morgan fingerprint density at radius 3 is 2.68 bits per heavy atom. The van der Waals surface area contributed by atoms with Gasteiger partial charge in [0, 0.05) is 17.6 Å². The highest BCUT2D eigenvalue weighted by atomic mass is 35.5. The van der Waals surface area contributed by atoms with Gasteiger partial charge in [0.15, 0.2) is 5.13 Å². The first-order valence-electron chi connectivity index (χ1n) is 11.5. The van der Waals surface area contributed by atoms with E-state index in [9.17, 15) is 19.8 Å². The molecule has 6 rings (SSSR count). The monoisotopic (exact) mass is 533 g/mol. The molecule has 0 spiro atoms. The highest BCUT2D eigenvalue weighted by Gasteiger charge is 2.48. The van der Waals surface area contributed by atoms with E-state index < -0.39 is 17.7 Å². The zero-order chi connectivity index (χ0) is 25.8. The molecule has 0 saturated carbocycles. The number of phenols is 1. The summed E-state index contributed by atoms with van der Waals surface area (Å²) in [5, 5.41) is 22.1. The molecular formula is C27H20ClN3O5S. The van der Waals surface area contributed by atoms with Gasteiger partial charge in [-0.1, -0.05) is 35.1 Å². The molecule has 1 amide bonds. The minimum Gasteiger partial charge on any atom is -0.508 e. The van der Waals surface area contributed by atoms with Crippen LogP contribution in [-0.4, -0.2) is 47.1 Å². The molecule has 0 aliphatic carbocycles. The lowest BCUT2D eigenvalue weighted by atomic mass is 9.95. The van der Waals surface area contributed by atoms with E-state index in [0.29, 0.717) is 45.7 Å². The predicted molar refractivity (Wildman–Crippen MR) is 143 cm³/mol. The number of anilines is 2. The molecule has 3 heterocycles. The van der Waals surface area contributed by atoms with E-state index >= 15 is 0 Å². The number of carbonyl (C=O) groups excluding carboxylic acids is 2. The van der Waals surface area contributed by atoms with Gasteiger partial charge in [0.05, 0.1) is 34.1 Å². The molecule has 2 aliphatic heterocycles. The summed E-state index contributed by atoms with van der Waals surface area (Å²) < 4.78 is 6.45. The number of aliphatic hydroxyl groups is 1. The number of carbonyl (C=O) groups is 2. The second kappa shape index (κ2) is 8.79. The molecule has 2 aliphatic rings. The Morgan fingerprint density at radius 2 is 1.89 bits per heavy atom. The normalized spacial score (nSPS) is 18.8. The lowest BCUT2D eigenvalue weighted by Crippen LogP contribution is -2.29. The van der Waals surface area contributed by atoms with Gasteiger partial charge in [0.25, 0.3) is 5.78 Å². The SMILES string of the molecule is CN1CCOc2ccc(/C(O)=C3\C(=O)C(=O)N(c4nc5ccc(Cl)cc5s4)C3c3ccc(O)cc3)cc21. The predicted octanol–water partition coefficient (Wildman–Crippen LogP) is 5.11. The molecule has 1 saturated heterocycles. The van der Waals surface area contributed by atoms with Crippen molar-refractivity contribution in [1.29, 1.82) is 0 Å². The van der Waals surface area contributed by atoms with Gasteiger partial charge in [-0.15, -0.1) is 0 Å². The lowest BCUT2D eigenvalue weighted by Gasteiger charge is -2.28. The van der Waals surface area contributed by atoms with Crippen LogP contribution in [0.4, 0.5) is 10.8 Å². The van der Waals surface area contributed by atoms with Crippen molar-refractivity contribution < 1.29 is 24.5 Å². The zero-order valence-electron chi connectivity index (χ0n) is 19.5. The topological polar surface area (TPSA) is 103 Å². The number of rotatable bonds is 3. The van der Waals surface area contributed by atoms with E-state index in [0.717, 1.165) is 10.4 Å². The van der Waals surface area contributed by atoms with Crippen LogP contribution >= 0.6 is 22.9 Å². The molecule has 4 aromatic rings. The van der Waals surface area contributed by atoms with Crippen molar-refractivity contribution >= 4 is 61.4 Å². The molecule has 37 heavy (non-hydrogen) atoms. The van der Waals surface area contributed by atoms with Crippen LogP contribution in [-0.2, 0) is 9.59 Å². The van der Waals surface area contributed by atoms with Crippen LogP contribution in [0.2, 0.25) is 5.02 Å². The minimum atomic E-state index is -0.957. The number of phenolic OH excluding ortho intramolecular Hbond substituents is 1. The van der Waals surface area contributed by atoms with Crippen molar-refractivity contribution in [2.75, 3.05) is 30.0 Å². The maximum atomic E-state index is 13.4. The van der Waals surface area contributed by atoms with Crippen molar-refractivity contribution in [3.63, 3.8) is 0 Å². The first-order valence-corrected chi connectivity index (χ1v) is 12.7. The third-order valence-electron chi connectivity index (χ3n) is 6.53. The van der Waals surface area contributed by atoms with Crippen LogP contribution in [0.25, 0.3) is 16.0 Å². The van der Waals surface area contributed by atoms with Gasteiger partial charge in [-0.05, 0) is 54.1 Å². The highest BCUT2D eigenvalue weighted by molar-refractivity contribution is 7.22. The van der Waals surface area contributed by atoms with E-state index in [1.165, 1.54) is 28.4 Å². The second-order valence-corrected chi connectivity index (χ2v) is 10.3. The van der Waals surface area contributed by atoms with Crippen molar-refractivity contribution in [3.8, 4) is 11.5 Å². The van der Waals surface area contributed by atoms with Crippen LogP contribution in [0.3, 0.4) is 0 Å². The zero-order valence-corrected chi connectivity index (χ0v) is 21.1. The molecule has 8 nitrogen and oxygen atoms in total. The van der Waals surface area contributed by atoms with Gasteiger partial charge in [0.2, 0.25) is 0 Å². The summed E-state index contributed by atoms with van der Waals surface area (Å²) in [5.74, 6) is -1.22. The number of benzene rings is 3. The number of thiazole rings is 1. The van der Waals surface area contributed by atoms with E-state index in [4.69, 9.17) is 16.3 Å². The number of fused-ring (bicyclic) bond motifs is 2. The van der Waals surface area contributed by atoms with Crippen molar-refractivity contribution in [2.45, 2.75) is 6.04 Å².